The predicted octanol–water partition coefficient (Wildman–Crippen LogP) is 3.98. The fourth-order valence-corrected chi connectivity index (χ4v) is 2.89. The summed E-state index contributed by atoms with van der Waals surface area (Å²) in [5, 5.41) is 2.23. The maximum atomic E-state index is 12.9. The highest BCUT2D eigenvalue weighted by Gasteiger charge is 2.20. The van der Waals surface area contributed by atoms with Crippen LogP contribution in [0.25, 0.3) is 10.8 Å². The topological polar surface area (TPSA) is 46.6 Å². The van der Waals surface area contributed by atoms with Gasteiger partial charge in [0.25, 0.3) is 0 Å². The summed E-state index contributed by atoms with van der Waals surface area (Å²) >= 11 is 0. The van der Waals surface area contributed by atoms with Crippen molar-refractivity contribution in [3.05, 3.63) is 78.4 Å². The molecular formula is C22H21NO3. The van der Waals surface area contributed by atoms with Crippen molar-refractivity contribution >= 4 is 28.3 Å². The lowest BCUT2D eigenvalue weighted by atomic mass is 10.0. The molecule has 0 saturated carbocycles. The summed E-state index contributed by atoms with van der Waals surface area (Å²) in [7, 11) is 0. The summed E-state index contributed by atoms with van der Waals surface area (Å²) in [6.45, 7) is 1.95. The highest BCUT2D eigenvalue weighted by Crippen LogP contribution is 2.19. The molecule has 0 fully saturated rings. The number of nitrogens with zero attached hydrogens (tertiary/aromatic N) is 1. The first-order valence-corrected chi connectivity index (χ1v) is 8.66. The third kappa shape index (κ3) is 4.28. The molecule has 4 heteroatoms. The van der Waals surface area contributed by atoms with Gasteiger partial charge >= 0.3 is 5.97 Å². The number of esters is 1. The Morgan fingerprint density at radius 3 is 2.31 bits per heavy atom. The Kier molecular flexibility index (Phi) is 5.64. The molecule has 0 aromatic heterocycles. The van der Waals surface area contributed by atoms with Crippen LogP contribution in [0.15, 0.2) is 72.8 Å². The molecule has 26 heavy (non-hydrogen) atoms. The number of ether oxygens (including phenoxy) is 1. The first-order valence-electron chi connectivity index (χ1n) is 8.66. The highest BCUT2D eigenvalue weighted by atomic mass is 16.5. The minimum absolute atomic E-state index is 0.0930. The van der Waals surface area contributed by atoms with Crippen LogP contribution in [-0.2, 0) is 20.7 Å². The van der Waals surface area contributed by atoms with Crippen molar-refractivity contribution in [2.75, 3.05) is 18.1 Å². The molecule has 0 aliphatic heterocycles. The lowest BCUT2D eigenvalue weighted by Crippen LogP contribution is -2.37. The first kappa shape index (κ1) is 17.7. The van der Waals surface area contributed by atoms with Gasteiger partial charge in [0, 0.05) is 5.69 Å². The fourth-order valence-electron chi connectivity index (χ4n) is 2.89. The average molecular weight is 347 g/mol. The lowest BCUT2D eigenvalue weighted by Gasteiger charge is -2.22. The molecule has 0 atom stereocenters. The van der Waals surface area contributed by atoms with E-state index in [-0.39, 0.29) is 18.9 Å². The third-order valence-corrected chi connectivity index (χ3v) is 4.13. The SMILES string of the molecule is CCOC(=O)CN(C(=O)Cc1ccc2ccccc2c1)c1ccccc1. The largest absolute Gasteiger partial charge is 0.465 e. The van der Waals surface area contributed by atoms with Crippen LogP contribution in [0, 0.1) is 0 Å². The van der Waals surface area contributed by atoms with E-state index < -0.39 is 5.97 Å². The van der Waals surface area contributed by atoms with Crippen molar-refractivity contribution in [1.82, 2.24) is 0 Å². The van der Waals surface area contributed by atoms with Gasteiger partial charge in [0.2, 0.25) is 5.91 Å². The van der Waals surface area contributed by atoms with E-state index in [9.17, 15) is 9.59 Å². The Bertz CT molecular complexity index is 905. The lowest BCUT2D eigenvalue weighted by molar-refractivity contribution is -0.142. The van der Waals surface area contributed by atoms with Crippen LogP contribution in [0.2, 0.25) is 0 Å². The maximum Gasteiger partial charge on any atom is 0.326 e. The molecule has 0 aliphatic rings. The van der Waals surface area contributed by atoms with E-state index in [0.717, 1.165) is 16.3 Å². The van der Waals surface area contributed by atoms with Crippen LogP contribution in [0.1, 0.15) is 12.5 Å². The quantitative estimate of drug-likeness (QED) is 0.634. The number of amides is 1. The maximum absolute atomic E-state index is 12.9. The molecule has 3 rings (SSSR count). The van der Waals surface area contributed by atoms with Gasteiger partial charge in [-0.1, -0.05) is 60.7 Å². The molecular weight excluding hydrogens is 326 g/mol. The summed E-state index contributed by atoms with van der Waals surface area (Å²) in [6.07, 6.45) is 0.221. The average Bonchev–Trinajstić information content (AvgIpc) is 2.67. The Hall–Kier alpha value is -3.14. The molecule has 0 bridgehead atoms. The molecule has 0 spiro atoms. The van der Waals surface area contributed by atoms with Gasteiger partial charge in [0.05, 0.1) is 13.0 Å². The molecule has 132 valence electrons. The van der Waals surface area contributed by atoms with Gasteiger partial charge in [-0.15, -0.1) is 0 Å². The number of benzene rings is 3. The minimum atomic E-state index is -0.414. The summed E-state index contributed by atoms with van der Waals surface area (Å²) < 4.78 is 5.02. The van der Waals surface area contributed by atoms with E-state index in [0.29, 0.717) is 12.3 Å². The number of rotatable bonds is 6. The Labute approximate surface area is 153 Å². The molecule has 3 aromatic rings. The Morgan fingerprint density at radius 1 is 0.885 bits per heavy atom. The van der Waals surface area contributed by atoms with Gasteiger partial charge in [-0.2, -0.15) is 0 Å². The molecule has 0 radical (unpaired) electrons. The zero-order valence-corrected chi connectivity index (χ0v) is 14.7. The zero-order valence-electron chi connectivity index (χ0n) is 14.7. The molecule has 0 saturated heterocycles. The van der Waals surface area contributed by atoms with Crippen LogP contribution in [0.4, 0.5) is 5.69 Å². The van der Waals surface area contributed by atoms with Crippen LogP contribution in [-0.4, -0.2) is 25.0 Å². The monoisotopic (exact) mass is 347 g/mol. The number of fused-ring (bicyclic) bond motifs is 1. The molecule has 4 nitrogen and oxygen atoms in total. The Balaban J connectivity index is 1.82. The van der Waals surface area contributed by atoms with Gasteiger partial charge in [-0.25, -0.2) is 0 Å². The number of carbonyl (C=O) groups excluding carboxylic acids is 2. The molecule has 0 N–H and O–H groups in total. The second-order valence-corrected chi connectivity index (χ2v) is 5.98. The Morgan fingerprint density at radius 2 is 1.58 bits per heavy atom. The van der Waals surface area contributed by atoms with E-state index >= 15 is 0 Å². The predicted molar refractivity (Wildman–Crippen MR) is 103 cm³/mol. The van der Waals surface area contributed by atoms with Crippen molar-refractivity contribution in [2.45, 2.75) is 13.3 Å². The number of anilines is 1. The van der Waals surface area contributed by atoms with Crippen molar-refractivity contribution in [2.24, 2.45) is 0 Å². The van der Waals surface area contributed by atoms with Gasteiger partial charge < -0.3 is 9.64 Å². The smallest absolute Gasteiger partial charge is 0.326 e. The number of hydrogen-bond acceptors (Lipinski definition) is 3. The minimum Gasteiger partial charge on any atom is -0.465 e. The van der Waals surface area contributed by atoms with E-state index in [4.69, 9.17) is 4.74 Å². The number of para-hydroxylation sites is 1. The van der Waals surface area contributed by atoms with Crippen molar-refractivity contribution in [3.63, 3.8) is 0 Å². The van der Waals surface area contributed by atoms with Gasteiger partial charge in [0.15, 0.2) is 0 Å². The zero-order chi connectivity index (χ0) is 18.4. The van der Waals surface area contributed by atoms with Gasteiger partial charge in [0.1, 0.15) is 6.54 Å². The standard InChI is InChI=1S/C22H21NO3/c1-2-26-22(25)16-23(20-10-4-3-5-11-20)21(24)15-17-12-13-18-8-6-7-9-19(18)14-17/h3-14H,2,15-16H2,1H3. The number of hydrogen-bond donors (Lipinski definition) is 0. The molecule has 0 unspecified atom stereocenters. The second kappa shape index (κ2) is 8.30. The molecule has 3 aromatic carbocycles. The van der Waals surface area contributed by atoms with E-state index in [2.05, 4.69) is 0 Å². The summed E-state index contributed by atoms with van der Waals surface area (Å²) in [5.41, 5.74) is 1.60. The molecule has 0 heterocycles. The first-order chi connectivity index (χ1) is 12.7. The van der Waals surface area contributed by atoms with Gasteiger partial charge in [-0.05, 0) is 35.4 Å². The molecule has 1 amide bonds. The number of carbonyl (C=O) groups is 2. The second-order valence-electron chi connectivity index (χ2n) is 5.98. The highest BCUT2D eigenvalue weighted by molar-refractivity contribution is 5.99. The summed E-state index contributed by atoms with van der Waals surface area (Å²) in [4.78, 5) is 26.3. The normalized spacial score (nSPS) is 10.5. The van der Waals surface area contributed by atoms with Crippen molar-refractivity contribution in [1.29, 1.82) is 0 Å². The fraction of sp³-hybridized carbons (Fsp3) is 0.182. The van der Waals surface area contributed by atoms with E-state index in [1.165, 1.54) is 4.90 Å². The van der Waals surface area contributed by atoms with Gasteiger partial charge in [-0.3, -0.25) is 9.59 Å². The third-order valence-electron chi connectivity index (χ3n) is 4.13. The molecule has 0 aliphatic carbocycles. The van der Waals surface area contributed by atoms with E-state index in [1.54, 1.807) is 6.92 Å². The van der Waals surface area contributed by atoms with Crippen LogP contribution in [0.3, 0.4) is 0 Å². The summed E-state index contributed by atoms with van der Waals surface area (Å²) in [6, 6.07) is 23.2. The summed E-state index contributed by atoms with van der Waals surface area (Å²) in [5.74, 6) is -0.553. The van der Waals surface area contributed by atoms with Crippen molar-refractivity contribution < 1.29 is 14.3 Å². The van der Waals surface area contributed by atoms with Crippen LogP contribution >= 0.6 is 0 Å². The van der Waals surface area contributed by atoms with Crippen molar-refractivity contribution in [3.8, 4) is 0 Å². The van der Waals surface area contributed by atoms with Crippen LogP contribution in [0.5, 0.6) is 0 Å². The van der Waals surface area contributed by atoms with Crippen LogP contribution < -0.4 is 4.90 Å². The van der Waals surface area contributed by atoms with E-state index in [1.807, 2.05) is 72.8 Å².